The second-order valence-corrected chi connectivity index (χ2v) is 6.57. The second-order valence-electron chi connectivity index (χ2n) is 5.76. The molecule has 0 N–H and O–H groups in total. The van der Waals surface area contributed by atoms with E-state index in [2.05, 4.69) is 25.9 Å². The number of amides is 1. The number of rotatable bonds is 4. The van der Waals surface area contributed by atoms with Crippen LogP contribution in [0.1, 0.15) is 28.9 Å². The van der Waals surface area contributed by atoms with Crippen molar-refractivity contribution in [2.75, 3.05) is 0 Å². The van der Waals surface area contributed by atoms with Gasteiger partial charge in [0.15, 0.2) is 0 Å². The first-order chi connectivity index (χ1) is 10.8. The van der Waals surface area contributed by atoms with Crippen LogP contribution in [0, 0.1) is 0 Å². The van der Waals surface area contributed by atoms with Gasteiger partial charge in [0.05, 0.1) is 6.33 Å². The van der Waals surface area contributed by atoms with Gasteiger partial charge in [-0.2, -0.15) is 0 Å². The van der Waals surface area contributed by atoms with Crippen molar-refractivity contribution >= 4 is 21.8 Å². The molecule has 1 amide bonds. The fourth-order valence-electron chi connectivity index (χ4n) is 2.62. The highest BCUT2D eigenvalue weighted by Crippen LogP contribution is 2.41. The fraction of sp³-hybridized carbons (Fsp3) is 0.400. The molecule has 2 aromatic heterocycles. The Balaban J connectivity index is 1.83. The Hall–Kier alpha value is -1.83. The van der Waals surface area contributed by atoms with E-state index in [1.807, 2.05) is 0 Å². The standard InChI is InChI=1S/C15H15BrF2N4O/c1-21-8-12(20-9-21)14(23)22(11-5-15(17,18)6-11)7-10-2-3-19-13(16)4-10/h2-4,8-9,11H,5-7H2,1H3. The number of pyridine rings is 1. The van der Waals surface area contributed by atoms with E-state index in [9.17, 15) is 13.6 Å². The van der Waals surface area contributed by atoms with E-state index in [1.54, 1.807) is 36.1 Å². The minimum absolute atomic E-state index is 0.247. The van der Waals surface area contributed by atoms with E-state index in [0.717, 1.165) is 5.56 Å². The van der Waals surface area contributed by atoms with Gasteiger partial charge in [0.2, 0.25) is 0 Å². The summed E-state index contributed by atoms with van der Waals surface area (Å²) in [7, 11) is 1.76. The molecule has 0 radical (unpaired) electrons. The van der Waals surface area contributed by atoms with Gasteiger partial charge in [0.1, 0.15) is 10.3 Å². The predicted molar refractivity (Wildman–Crippen MR) is 83.0 cm³/mol. The molecule has 0 atom stereocenters. The number of carbonyl (C=O) groups excluding carboxylic acids is 1. The molecule has 0 spiro atoms. The Bertz CT molecular complexity index is 726. The lowest BCUT2D eigenvalue weighted by molar-refractivity contribution is -0.117. The highest BCUT2D eigenvalue weighted by Gasteiger charge is 2.49. The summed E-state index contributed by atoms with van der Waals surface area (Å²) in [6.07, 6.45) is 4.10. The lowest BCUT2D eigenvalue weighted by atomic mass is 9.86. The molecule has 2 aromatic rings. The van der Waals surface area contributed by atoms with Crippen LogP contribution in [0.4, 0.5) is 8.78 Å². The Labute approximate surface area is 140 Å². The summed E-state index contributed by atoms with van der Waals surface area (Å²) in [5.74, 6) is -3.02. The third-order valence-electron chi connectivity index (χ3n) is 3.84. The van der Waals surface area contributed by atoms with Crippen LogP contribution in [0.5, 0.6) is 0 Å². The zero-order valence-corrected chi connectivity index (χ0v) is 14.0. The van der Waals surface area contributed by atoms with Gasteiger partial charge < -0.3 is 9.47 Å². The Morgan fingerprint density at radius 3 is 2.78 bits per heavy atom. The van der Waals surface area contributed by atoms with Crippen molar-refractivity contribution < 1.29 is 13.6 Å². The van der Waals surface area contributed by atoms with Gasteiger partial charge in [-0.1, -0.05) is 0 Å². The highest BCUT2D eigenvalue weighted by atomic mass is 79.9. The van der Waals surface area contributed by atoms with Crippen LogP contribution in [0.15, 0.2) is 35.5 Å². The predicted octanol–water partition coefficient (Wildman–Crippen LogP) is 3.02. The van der Waals surface area contributed by atoms with E-state index in [1.165, 1.54) is 11.2 Å². The molecule has 1 aliphatic carbocycles. The summed E-state index contributed by atoms with van der Waals surface area (Å²) in [6.45, 7) is 0.247. The number of nitrogens with zero attached hydrogens (tertiary/aromatic N) is 4. The van der Waals surface area contributed by atoms with Crippen LogP contribution in [-0.2, 0) is 13.6 Å². The van der Waals surface area contributed by atoms with Crippen molar-refractivity contribution in [3.63, 3.8) is 0 Å². The first-order valence-corrected chi connectivity index (χ1v) is 7.90. The molecular weight excluding hydrogens is 370 g/mol. The zero-order valence-electron chi connectivity index (χ0n) is 12.4. The Morgan fingerprint density at radius 2 is 2.22 bits per heavy atom. The molecule has 1 aliphatic rings. The van der Waals surface area contributed by atoms with E-state index in [4.69, 9.17) is 0 Å². The minimum atomic E-state index is -2.69. The molecule has 8 heteroatoms. The summed E-state index contributed by atoms with van der Waals surface area (Å²) in [5.41, 5.74) is 1.09. The van der Waals surface area contributed by atoms with Crippen LogP contribution in [0.25, 0.3) is 0 Å². The van der Waals surface area contributed by atoms with E-state index in [0.29, 0.717) is 4.60 Å². The zero-order chi connectivity index (χ0) is 16.6. The second kappa shape index (κ2) is 5.99. The molecular formula is C15H15BrF2N4O. The number of alkyl halides is 2. The quantitative estimate of drug-likeness (QED) is 0.761. The minimum Gasteiger partial charge on any atom is -0.340 e. The number of carbonyl (C=O) groups is 1. The summed E-state index contributed by atoms with van der Waals surface area (Å²) in [4.78, 5) is 22.2. The SMILES string of the molecule is Cn1cnc(C(=O)N(Cc2ccnc(Br)c2)C2CC(F)(F)C2)c1. The third kappa shape index (κ3) is 3.57. The first-order valence-electron chi connectivity index (χ1n) is 7.11. The number of imidazole rings is 1. The number of aromatic nitrogens is 3. The molecule has 23 heavy (non-hydrogen) atoms. The molecule has 3 rings (SSSR count). The van der Waals surface area contributed by atoms with Gasteiger partial charge in [0.25, 0.3) is 11.8 Å². The lowest BCUT2D eigenvalue weighted by Gasteiger charge is -2.42. The smallest absolute Gasteiger partial charge is 0.274 e. The third-order valence-corrected chi connectivity index (χ3v) is 4.27. The number of hydrogen-bond acceptors (Lipinski definition) is 3. The summed E-state index contributed by atoms with van der Waals surface area (Å²) < 4.78 is 28.8. The van der Waals surface area contributed by atoms with Gasteiger partial charge in [-0.3, -0.25) is 4.79 Å². The number of halogens is 3. The summed E-state index contributed by atoms with van der Waals surface area (Å²) >= 11 is 3.27. The van der Waals surface area contributed by atoms with Gasteiger partial charge in [-0.25, -0.2) is 18.7 Å². The van der Waals surface area contributed by atoms with Crippen molar-refractivity contribution in [2.45, 2.75) is 31.4 Å². The van der Waals surface area contributed by atoms with Crippen LogP contribution >= 0.6 is 15.9 Å². The van der Waals surface area contributed by atoms with Gasteiger partial charge in [-0.05, 0) is 33.6 Å². The largest absolute Gasteiger partial charge is 0.340 e. The normalized spacial score (nSPS) is 16.9. The van der Waals surface area contributed by atoms with Crippen molar-refractivity contribution in [1.82, 2.24) is 19.4 Å². The van der Waals surface area contributed by atoms with E-state index >= 15 is 0 Å². The molecule has 0 bridgehead atoms. The van der Waals surface area contributed by atoms with Crippen LogP contribution in [-0.4, -0.2) is 37.3 Å². The van der Waals surface area contributed by atoms with Gasteiger partial charge in [0, 0.05) is 44.9 Å². The van der Waals surface area contributed by atoms with Crippen molar-refractivity contribution in [3.05, 3.63) is 46.7 Å². The monoisotopic (exact) mass is 384 g/mol. The maximum Gasteiger partial charge on any atom is 0.274 e. The number of hydrogen-bond donors (Lipinski definition) is 0. The average molecular weight is 385 g/mol. The van der Waals surface area contributed by atoms with Crippen LogP contribution in [0.3, 0.4) is 0 Å². The Kier molecular flexibility index (Phi) is 4.18. The molecule has 5 nitrogen and oxygen atoms in total. The summed E-state index contributed by atoms with van der Waals surface area (Å²) in [5, 5.41) is 0. The summed E-state index contributed by atoms with van der Waals surface area (Å²) in [6, 6.07) is 3.06. The van der Waals surface area contributed by atoms with Crippen LogP contribution < -0.4 is 0 Å². The fourth-order valence-corrected chi connectivity index (χ4v) is 3.04. The lowest BCUT2D eigenvalue weighted by Crippen LogP contribution is -2.52. The maximum atomic E-state index is 13.2. The molecule has 0 saturated heterocycles. The first kappa shape index (κ1) is 16.0. The van der Waals surface area contributed by atoms with Crippen molar-refractivity contribution in [2.24, 2.45) is 7.05 Å². The molecule has 122 valence electrons. The highest BCUT2D eigenvalue weighted by molar-refractivity contribution is 9.10. The van der Waals surface area contributed by atoms with E-state index in [-0.39, 0.29) is 31.0 Å². The van der Waals surface area contributed by atoms with Crippen molar-refractivity contribution in [1.29, 1.82) is 0 Å². The average Bonchev–Trinajstić information content (AvgIpc) is 2.88. The molecule has 0 unspecified atom stereocenters. The van der Waals surface area contributed by atoms with Gasteiger partial charge in [-0.15, -0.1) is 0 Å². The van der Waals surface area contributed by atoms with Gasteiger partial charge >= 0.3 is 0 Å². The topological polar surface area (TPSA) is 51.0 Å². The van der Waals surface area contributed by atoms with E-state index < -0.39 is 12.0 Å². The molecule has 0 aliphatic heterocycles. The molecule has 1 saturated carbocycles. The Morgan fingerprint density at radius 1 is 1.48 bits per heavy atom. The number of aryl methyl sites for hydroxylation is 1. The molecule has 1 fully saturated rings. The van der Waals surface area contributed by atoms with Crippen LogP contribution in [0.2, 0.25) is 0 Å². The molecule has 0 aromatic carbocycles. The molecule has 2 heterocycles. The maximum absolute atomic E-state index is 13.2. The van der Waals surface area contributed by atoms with Crippen molar-refractivity contribution in [3.8, 4) is 0 Å².